The summed E-state index contributed by atoms with van der Waals surface area (Å²) in [5.74, 6) is 0. The first-order chi connectivity index (χ1) is 6.93. The van der Waals surface area contributed by atoms with Crippen molar-refractivity contribution in [3.05, 3.63) is 30.1 Å². The summed E-state index contributed by atoms with van der Waals surface area (Å²) < 4.78 is 5.53. The molecule has 1 aromatic rings. The minimum atomic E-state index is 0.694. The van der Waals surface area contributed by atoms with Crippen molar-refractivity contribution in [3.8, 4) is 0 Å². The first-order valence-corrected chi connectivity index (χ1v) is 5.40. The molecule has 0 amide bonds. The van der Waals surface area contributed by atoms with Crippen molar-refractivity contribution in [2.75, 3.05) is 6.61 Å². The SMILES string of the molecule is CCCCCCOCc1cccnc1. The lowest BCUT2D eigenvalue weighted by Gasteiger charge is -2.03. The van der Waals surface area contributed by atoms with Gasteiger partial charge in [0.05, 0.1) is 6.61 Å². The molecule has 0 saturated carbocycles. The van der Waals surface area contributed by atoms with Crippen molar-refractivity contribution in [2.45, 2.75) is 39.2 Å². The summed E-state index contributed by atoms with van der Waals surface area (Å²) >= 11 is 0. The van der Waals surface area contributed by atoms with Crippen LogP contribution in [0.1, 0.15) is 38.2 Å². The second-order valence-electron chi connectivity index (χ2n) is 3.47. The smallest absolute Gasteiger partial charge is 0.0731 e. The summed E-state index contributed by atoms with van der Waals surface area (Å²) in [5, 5.41) is 0. The number of hydrogen-bond donors (Lipinski definition) is 0. The summed E-state index contributed by atoms with van der Waals surface area (Å²) in [6.07, 6.45) is 8.69. The molecule has 0 radical (unpaired) electrons. The van der Waals surface area contributed by atoms with E-state index in [1.807, 2.05) is 18.3 Å². The van der Waals surface area contributed by atoms with Crippen LogP contribution in [0.4, 0.5) is 0 Å². The molecule has 1 heterocycles. The third-order valence-electron chi connectivity index (χ3n) is 2.13. The zero-order valence-corrected chi connectivity index (χ0v) is 8.91. The molecule has 0 aromatic carbocycles. The van der Waals surface area contributed by atoms with Gasteiger partial charge in [0.2, 0.25) is 0 Å². The summed E-state index contributed by atoms with van der Waals surface area (Å²) in [6, 6.07) is 3.98. The highest BCUT2D eigenvalue weighted by Crippen LogP contribution is 2.02. The third-order valence-corrected chi connectivity index (χ3v) is 2.13. The van der Waals surface area contributed by atoms with Crippen LogP contribution >= 0.6 is 0 Å². The molecular weight excluding hydrogens is 174 g/mol. The fraction of sp³-hybridized carbons (Fsp3) is 0.583. The van der Waals surface area contributed by atoms with Crippen molar-refractivity contribution in [1.82, 2.24) is 4.98 Å². The van der Waals surface area contributed by atoms with Gasteiger partial charge in [-0.05, 0) is 18.1 Å². The largest absolute Gasteiger partial charge is 0.377 e. The molecule has 0 unspecified atom stereocenters. The molecule has 0 saturated heterocycles. The molecule has 0 aliphatic heterocycles. The van der Waals surface area contributed by atoms with Gasteiger partial charge in [-0.15, -0.1) is 0 Å². The minimum Gasteiger partial charge on any atom is -0.377 e. The van der Waals surface area contributed by atoms with E-state index in [0.717, 1.165) is 12.2 Å². The minimum absolute atomic E-state index is 0.694. The van der Waals surface area contributed by atoms with Crippen molar-refractivity contribution in [3.63, 3.8) is 0 Å². The Morgan fingerprint density at radius 1 is 1.29 bits per heavy atom. The van der Waals surface area contributed by atoms with Crippen LogP contribution in [0.15, 0.2) is 24.5 Å². The maximum Gasteiger partial charge on any atom is 0.0731 e. The van der Waals surface area contributed by atoms with Crippen LogP contribution in [0.3, 0.4) is 0 Å². The topological polar surface area (TPSA) is 22.1 Å². The second-order valence-corrected chi connectivity index (χ2v) is 3.47. The predicted octanol–water partition coefficient (Wildman–Crippen LogP) is 3.18. The highest BCUT2D eigenvalue weighted by Gasteiger charge is 1.92. The van der Waals surface area contributed by atoms with Gasteiger partial charge in [-0.2, -0.15) is 0 Å². The van der Waals surface area contributed by atoms with Gasteiger partial charge in [-0.25, -0.2) is 0 Å². The molecule has 0 spiro atoms. The van der Waals surface area contributed by atoms with Gasteiger partial charge in [-0.3, -0.25) is 4.98 Å². The van der Waals surface area contributed by atoms with Gasteiger partial charge in [0, 0.05) is 19.0 Å². The van der Waals surface area contributed by atoms with Crippen molar-refractivity contribution in [2.24, 2.45) is 0 Å². The van der Waals surface area contributed by atoms with E-state index in [1.165, 1.54) is 25.7 Å². The van der Waals surface area contributed by atoms with Crippen molar-refractivity contribution in [1.29, 1.82) is 0 Å². The Bertz CT molecular complexity index is 223. The first kappa shape index (κ1) is 11.2. The molecule has 0 atom stereocenters. The number of unbranched alkanes of at least 4 members (excludes halogenated alkanes) is 3. The van der Waals surface area contributed by atoms with E-state index in [4.69, 9.17) is 4.74 Å². The molecule has 0 aliphatic carbocycles. The predicted molar refractivity (Wildman–Crippen MR) is 58.0 cm³/mol. The Hall–Kier alpha value is -0.890. The van der Waals surface area contributed by atoms with E-state index < -0.39 is 0 Å². The van der Waals surface area contributed by atoms with Gasteiger partial charge in [-0.1, -0.05) is 32.3 Å². The quantitative estimate of drug-likeness (QED) is 0.620. The van der Waals surface area contributed by atoms with Crippen LogP contribution in [0.25, 0.3) is 0 Å². The van der Waals surface area contributed by atoms with Gasteiger partial charge in [0.1, 0.15) is 0 Å². The zero-order chi connectivity index (χ0) is 10.1. The van der Waals surface area contributed by atoms with E-state index in [0.29, 0.717) is 6.61 Å². The third kappa shape index (κ3) is 4.97. The van der Waals surface area contributed by atoms with E-state index in [2.05, 4.69) is 11.9 Å². The summed E-state index contributed by atoms with van der Waals surface area (Å²) in [4.78, 5) is 4.03. The Balaban J connectivity index is 1.99. The first-order valence-electron chi connectivity index (χ1n) is 5.40. The van der Waals surface area contributed by atoms with Crippen molar-refractivity contribution < 1.29 is 4.74 Å². The standard InChI is InChI=1S/C12H19NO/c1-2-3-4-5-9-14-11-12-7-6-8-13-10-12/h6-8,10H,2-5,9,11H2,1H3. The van der Waals surface area contributed by atoms with Crippen LogP contribution in [-0.2, 0) is 11.3 Å². The molecule has 1 rings (SSSR count). The molecule has 0 fully saturated rings. The lowest BCUT2D eigenvalue weighted by molar-refractivity contribution is 0.116. The number of nitrogens with zero attached hydrogens (tertiary/aromatic N) is 1. The summed E-state index contributed by atoms with van der Waals surface area (Å²) in [6.45, 7) is 3.78. The molecule has 0 N–H and O–H groups in total. The highest BCUT2D eigenvalue weighted by atomic mass is 16.5. The van der Waals surface area contributed by atoms with E-state index >= 15 is 0 Å². The van der Waals surface area contributed by atoms with Crippen LogP contribution < -0.4 is 0 Å². The van der Waals surface area contributed by atoms with Crippen LogP contribution in [0.2, 0.25) is 0 Å². The molecule has 0 bridgehead atoms. The highest BCUT2D eigenvalue weighted by molar-refractivity contribution is 5.06. The maximum absolute atomic E-state index is 5.53. The molecule has 1 aromatic heterocycles. The zero-order valence-electron chi connectivity index (χ0n) is 8.91. The van der Waals surface area contributed by atoms with Gasteiger partial charge in [0.15, 0.2) is 0 Å². The van der Waals surface area contributed by atoms with Gasteiger partial charge in [0.25, 0.3) is 0 Å². The molecule has 2 nitrogen and oxygen atoms in total. The number of aromatic nitrogens is 1. The molecular formula is C12H19NO. The fourth-order valence-corrected chi connectivity index (χ4v) is 1.30. The Morgan fingerprint density at radius 2 is 2.21 bits per heavy atom. The number of rotatable bonds is 7. The van der Waals surface area contributed by atoms with E-state index in [-0.39, 0.29) is 0 Å². The number of pyridine rings is 1. The Morgan fingerprint density at radius 3 is 2.93 bits per heavy atom. The molecule has 14 heavy (non-hydrogen) atoms. The molecule has 78 valence electrons. The van der Waals surface area contributed by atoms with Gasteiger partial charge < -0.3 is 4.74 Å². The normalized spacial score (nSPS) is 10.4. The van der Waals surface area contributed by atoms with E-state index in [1.54, 1.807) is 6.20 Å². The summed E-state index contributed by atoms with van der Waals surface area (Å²) in [7, 11) is 0. The lowest BCUT2D eigenvalue weighted by Crippen LogP contribution is -1.95. The lowest BCUT2D eigenvalue weighted by atomic mass is 10.2. The molecule has 0 aliphatic rings. The maximum atomic E-state index is 5.53. The van der Waals surface area contributed by atoms with Crippen LogP contribution in [0, 0.1) is 0 Å². The Kier molecular flexibility index (Phi) is 6.00. The average Bonchev–Trinajstić information content (AvgIpc) is 2.25. The monoisotopic (exact) mass is 193 g/mol. The fourth-order valence-electron chi connectivity index (χ4n) is 1.30. The number of ether oxygens (including phenoxy) is 1. The second kappa shape index (κ2) is 7.51. The number of hydrogen-bond acceptors (Lipinski definition) is 2. The van der Waals surface area contributed by atoms with Crippen LogP contribution in [-0.4, -0.2) is 11.6 Å². The summed E-state index contributed by atoms with van der Waals surface area (Å²) in [5.41, 5.74) is 1.16. The van der Waals surface area contributed by atoms with Gasteiger partial charge >= 0.3 is 0 Å². The average molecular weight is 193 g/mol. The Labute approximate surface area is 86.3 Å². The van der Waals surface area contributed by atoms with E-state index in [9.17, 15) is 0 Å². The molecule has 2 heteroatoms. The van der Waals surface area contributed by atoms with Crippen LogP contribution in [0.5, 0.6) is 0 Å². The van der Waals surface area contributed by atoms with Crippen molar-refractivity contribution >= 4 is 0 Å².